The fraction of sp³-hybridized carbons (Fsp3) is 0.429. The van der Waals surface area contributed by atoms with E-state index in [1.54, 1.807) is 18.2 Å². The van der Waals surface area contributed by atoms with Crippen molar-refractivity contribution in [2.75, 3.05) is 13.1 Å². The third-order valence-electron chi connectivity index (χ3n) is 4.05. The van der Waals surface area contributed by atoms with E-state index >= 15 is 0 Å². The first kappa shape index (κ1) is 17.7. The number of carbonyl (C=O) groups is 1. The van der Waals surface area contributed by atoms with Crippen LogP contribution in [0.2, 0.25) is 5.02 Å². The van der Waals surface area contributed by atoms with E-state index in [1.807, 2.05) is 11.8 Å². The van der Waals surface area contributed by atoms with Gasteiger partial charge in [0.15, 0.2) is 0 Å². The third-order valence-corrected chi connectivity index (χ3v) is 4.36. The molecule has 1 saturated heterocycles. The molecule has 1 aromatic carbocycles. The molecule has 1 aliphatic heterocycles. The Bertz CT molecular complexity index is 678. The molecule has 3 rings (SSSR count). The summed E-state index contributed by atoms with van der Waals surface area (Å²) in [6, 6.07) is 5.35. The molecule has 0 radical (unpaired) electrons. The molecule has 2 atom stereocenters. The number of likely N-dealkylation sites (tertiary alicyclic amines) is 1. The summed E-state index contributed by atoms with van der Waals surface area (Å²) >= 11 is 6.28. The van der Waals surface area contributed by atoms with Crippen molar-refractivity contribution in [3.8, 4) is 5.69 Å². The van der Waals surface area contributed by atoms with E-state index in [0.29, 0.717) is 35.3 Å². The highest BCUT2D eigenvalue weighted by Gasteiger charge is 2.32. The molecule has 1 fully saturated rings. The van der Waals surface area contributed by atoms with Gasteiger partial charge in [0.1, 0.15) is 6.33 Å². The third kappa shape index (κ3) is 3.46. The Hall–Kier alpha value is -1.70. The standard InChI is InChI=1S/C14H17ClN6O.ClH/c1-9-4-10(6-16)7-20(9)14(22)12-3-2-11(5-13(12)15)21-8-17-18-19-21;/h2-3,5,8-10H,4,6-7,16H2,1H3;1H. The van der Waals surface area contributed by atoms with E-state index in [-0.39, 0.29) is 24.4 Å². The maximum Gasteiger partial charge on any atom is 0.255 e. The van der Waals surface area contributed by atoms with Gasteiger partial charge in [-0.05, 0) is 54.4 Å². The molecule has 124 valence electrons. The van der Waals surface area contributed by atoms with Gasteiger partial charge in [0, 0.05) is 12.6 Å². The summed E-state index contributed by atoms with van der Waals surface area (Å²) < 4.78 is 1.49. The zero-order valence-electron chi connectivity index (χ0n) is 12.6. The molecule has 1 aliphatic rings. The number of hydrogen-bond donors (Lipinski definition) is 1. The molecular weight excluding hydrogens is 339 g/mol. The number of aromatic nitrogens is 4. The number of nitrogens with two attached hydrogens (primary N) is 1. The smallest absolute Gasteiger partial charge is 0.255 e. The molecular formula is C14H18Cl2N6O. The van der Waals surface area contributed by atoms with E-state index in [9.17, 15) is 4.79 Å². The number of rotatable bonds is 3. The molecule has 1 aromatic heterocycles. The van der Waals surface area contributed by atoms with Crippen molar-refractivity contribution in [3.05, 3.63) is 35.1 Å². The molecule has 7 nitrogen and oxygen atoms in total. The predicted octanol–water partition coefficient (Wildman–Crippen LogP) is 1.55. The minimum absolute atomic E-state index is 0. The summed E-state index contributed by atoms with van der Waals surface area (Å²) in [5, 5.41) is 11.3. The highest BCUT2D eigenvalue weighted by molar-refractivity contribution is 6.34. The van der Waals surface area contributed by atoms with Gasteiger partial charge in [-0.1, -0.05) is 11.6 Å². The normalized spacial score (nSPS) is 20.4. The fourth-order valence-corrected chi connectivity index (χ4v) is 3.11. The number of tetrazole rings is 1. The Morgan fingerprint density at radius 3 is 2.83 bits per heavy atom. The van der Waals surface area contributed by atoms with Gasteiger partial charge >= 0.3 is 0 Å². The number of benzene rings is 1. The number of hydrogen-bond acceptors (Lipinski definition) is 5. The number of amides is 1. The first-order chi connectivity index (χ1) is 10.6. The van der Waals surface area contributed by atoms with Gasteiger partial charge in [-0.2, -0.15) is 0 Å². The van der Waals surface area contributed by atoms with Crippen LogP contribution in [0.3, 0.4) is 0 Å². The van der Waals surface area contributed by atoms with E-state index in [4.69, 9.17) is 17.3 Å². The van der Waals surface area contributed by atoms with Crippen LogP contribution >= 0.6 is 24.0 Å². The zero-order valence-corrected chi connectivity index (χ0v) is 14.2. The molecule has 2 unspecified atom stereocenters. The Kier molecular flexibility index (Phi) is 5.56. The van der Waals surface area contributed by atoms with Gasteiger partial charge in [-0.15, -0.1) is 17.5 Å². The summed E-state index contributed by atoms with van der Waals surface area (Å²) in [7, 11) is 0. The highest BCUT2D eigenvalue weighted by Crippen LogP contribution is 2.27. The molecule has 0 saturated carbocycles. The zero-order chi connectivity index (χ0) is 15.7. The van der Waals surface area contributed by atoms with Crippen molar-refractivity contribution in [1.29, 1.82) is 0 Å². The molecule has 2 heterocycles. The average molecular weight is 357 g/mol. The van der Waals surface area contributed by atoms with Crippen molar-refractivity contribution >= 4 is 29.9 Å². The van der Waals surface area contributed by atoms with Crippen LogP contribution in [0.4, 0.5) is 0 Å². The van der Waals surface area contributed by atoms with E-state index in [1.165, 1.54) is 11.0 Å². The topological polar surface area (TPSA) is 89.9 Å². The van der Waals surface area contributed by atoms with Crippen LogP contribution in [-0.4, -0.2) is 50.1 Å². The Balaban J connectivity index is 0.00000192. The minimum atomic E-state index is -0.0586. The van der Waals surface area contributed by atoms with Gasteiger partial charge in [-0.3, -0.25) is 4.79 Å². The monoisotopic (exact) mass is 356 g/mol. The minimum Gasteiger partial charge on any atom is -0.336 e. The number of halogens is 2. The van der Waals surface area contributed by atoms with Gasteiger partial charge in [-0.25, -0.2) is 4.68 Å². The lowest BCUT2D eigenvalue weighted by atomic mass is 10.1. The Morgan fingerprint density at radius 2 is 2.26 bits per heavy atom. The summed E-state index contributed by atoms with van der Waals surface area (Å²) in [6.45, 7) is 3.32. The van der Waals surface area contributed by atoms with Gasteiger partial charge in [0.2, 0.25) is 0 Å². The molecule has 0 bridgehead atoms. The van der Waals surface area contributed by atoms with Crippen molar-refractivity contribution in [2.24, 2.45) is 11.7 Å². The van der Waals surface area contributed by atoms with Crippen LogP contribution in [-0.2, 0) is 0 Å². The molecule has 1 amide bonds. The Labute approximate surface area is 145 Å². The van der Waals surface area contributed by atoms with Crippen molar-refractivity contribution in [3.63, 3.8) is 0 Å². The van der Waals surface area contributed by atoms with E-state index < -0.39 is 0 Å². The van der Waals surface area contributed by atoms with E-state index in [0.717, 1.165) is 6.42 Å². The van der Waals surface area contributed by atoms with Crippen molar-refractivity contribution in [2.45, 2.75) is 19.4 Å². The first-order valence-electron chi connectivity index (χ1n) is 7.14. The Morgan fingerprint density at radius 1 is 1.48 bits per heavy atom. The molecule has 2 N–H and O–H groups in total. The molecule has 23 heavy (non-hydrogen) atoms. The van der Waals surface area contributed by atoms with Crippen molar-refractivity contribution < 1.29 is 4.79 Å². The van der Waals surface area contributed by atoms with Crippen LogP contribution in [0.5, 0.6) is 0 Å². The van der Waals surface area contributed by atoms with Crippen LogP contribution in [0.15, 0.2) is 24.5 Å². The number of nitrogens with zero attached hydrogens (tertiary/aromatic N) is 5. The van der Waals surface area contributed by atoms with Crippen LogP contribution in [0, 0.1) is 5.92 Å². The van der Waals surface area contributed by atoms with Gasteiger partial charge in [0.05, 0.1) is 16.3 Å². The lowest BCUT2D eigenvalue weighted by Gasteiger charge is -2.22. The molecule has 2 aromatic rings. The predicted molar refractivity (Wildman–Crippen MR) is 89.1 cm³/mol. The summed E-state index contributed by atoms with van der Waals surface area (Å²) in [4.78, 5) is 14.5. The van der Waals surface area contributed by atoms with Gasteiger partial charge < -0.3 is 10.6 Å². The largest absolute Gasteiger partial charge is 0.336 e. The maximum atomic E-state index is 12.7. The first-order valence-corrected chi connectivity index (χ1v) is 7.52. The van der Waals surface area contributed by atoms with Crippen LogP contribution in [0.25, 0.3) is 5.69 Å². The second-order valence-electron chi connectivity index (χ2n) is 5.56. The molecule has 0 aliphatic carbocycles. The number of carbonyl (C=O) groups excluding carboxylic acids is 1. The summed E-state index contributed by atoms with van der Waals surface area (Å²) in [5.74, 6) is 0.301. The van der Waals surface area contributed by atoms with Gasteiger partial charge in [0.25, 0.3) is 5.91 Å². The lowest BCUT2D eigenvalue weighted by Crippen LogP contribution is -2.34. The fourth-order valence-electron chi connectivity index (χ4n) is 2.85. The summed E-state index contributed by atoms with van der Waals surface area (Å²) in [6.07, 6.45) is 2.41. The van der Waals surface area contributed by atoms with Crippen LogP contribution < -0.4 is 5.73 Å². The summed E-state index contributed by atoms with van der Waals surface area (Å²) in [5.41, 5.74) is 6.91. The van der Waals surface area contributed by atoms with E-state index in [2.05, 4.69) is 15.5 Å². The highest BCUT2D eigenvalue weighted by atomic mass is 35.5. The second-order valence-corrected chi connectivity index (χ2v) is 5.97. The van der Waals surface area contributed by atoms with Crippen LogP contribution in [0.1, 0.15) is 23.7 Å². The molecule has 0 spiro atoms. The quantitative estimate of drug-likeness (QED) is 0.900. The average Bonchev–Trinajstić information content (AvgIpc) is 3.15. The molecule has 9 heteroatoms. The lowest BCUT2D eigenvalue weighted by molar-refractivity contribution is 0.0743. The SMILES string of the molecule is CC1CC(CN)CN1C(=O)c1ccc(-n2cnnn2)cc1Cl.Cl. The second kappa shape index (κ2) is 7.25. The maximum absolute atomic E-state index is 12.7. The van der Waals surface area contributed by atoms with Crippen molar-refractivity contribution in [1.82, 2.24) is 25.1 Å².